The van der Waals surface area contributed by atoms with Gasteiger partial charge in [0.05, 0.1) is 21.8 Å². The summed E-state index contributed by atoms with van der Waals surface area (Å²) in [6, 6.07) is 4.84. The Hall–Kier alpha value is -3.21. The zero-order valence-electron chi connectivity index (χ0n) is 16.0. The standard InChI is InChI=1S/C19H19F2N7OS/c1-23-15-12(3-2-6-19(15,20)21)27-18-24-8-11(16(22)29)17(28-18)26-10-4-5-14-13(7-10)25-9-30-14/h4-5,7-9,12H,2-3,6H2,1H3,(H2,22,29)(H2,24,26,27,28)/b23-15-/t12-/m1/s1. The molecule has 8 nitrogen and oxygen atoms in total. The van der Waals surface area contributed by atoms with Crippen LogP contribution in [0.25, 0.3) is 10.2 Å². The number of benzene rings is 1. The third kappa shape index (κ3) is 3.92. The molecule has 1 amide bonds. The van der Waals surface area contributed by atoms with Crippen molar-refractivity contribution >= 4 is 50.6 Å². The van der Waals surface area contributed by atoms with Gasteiger partial charge in [-0.2, -0.15) is 13.8 Å². The molecule has 11 heteroatoms. The van der Waals surface area contributed by atoms with Crippen molar-refractivity contribution in [2.24, 2.45) is 10.7 Å². The Morgan fingerprint density at radius 2 is 2.20 bits per heavy atom. The average Bonchev–Trinajstić information content (AvgIpc) is 3.15. The number of hydrogen-bond acceptors (Lipinski definition) is 8. The fourth-order valence-corrected chi connectivity index (χ4v) is 4.12. The second-order valence-electron chi connectivity index (χ2n) is 6.88. The number of rotatable bonds is 5. The average molecular weight is 431 g/mol. The lowest BCUT2D eigenvalue weighted by atomic mass is 9.90. The van der Waals surface area contributed by atoms with E-state index in [-0.39, 0.29) is 29.5 Å². The van der Waals surface area contributed by atoms with E-state index in [1.807, 2.05) is 18.2 Å². The van der Waals surface area contributed by atoms with Gasteiger partial charge in [0.15, 0.2) is 0 Å². The van der Waals surface area contributed by atoms with Crippen LogP contribution in [0.5, 0.6) is 0 Å². The number of carbonyl (C=O) groups is 1. The minimum absolute atomic E-state index is 0.0808. The first kappa shape index (κ1) is 20.1. The first-order valence-corrected chi connectivity index (χ1v) is 10.1. The van der Waals surface area contributed by atoms with Crippen LogP contribution >= 0.6 is 11.3 Å². The number of carbonyl (C=O) groups excluding carboxylic acids is 1. The summed E-state index contributed by atoms with van der Waals surface area (Å²) in [7, 11) is 1.35. The van der Waals surface area contributed by atoms with E-state index in [9.17, 15) is 13.6 Å². The Morgan fingerprint density at radius 3 is 2.97 bits per heavy atom. The molecule has 156 valence electrons. The predicted octanol–water partition coefficient (Wildman–Crippen LogP) is 3.60. The molecule has 1 fully saturated rings. The van der Waals surface area contributed by atoms with Gasteiger partial charge in [-0.05, 0) is 31.0 Å². The van der Waals surface area contributed by atoms with Crippen LogP contribution in [0.4, 0.5) is 26.2 Å². The maximum atomic E-state index is 14.2. The number of fused-ring (bicyclic) bond motifs is 1. The molecule has 0 radical (unpaired) electrons. The maximum absolute atomic E-state index is 14.2. The second-order valence-corrected chi connectivity index (χ2v) is 7.77. The van der Waals surface area contributed by atoms with Crippen molar-refractivity contribution in [2.75, 3.05) is 17.7 Å². The minimum atomic E-state index is -2.97. The van der Waals surface area contributed by atoms with E-state index in [1.165, 1.54) is 24.6 Å². The van der Waals surface area contributed by atoms with Crippen molar-refractivity contribution in [3.8, 4) is 0 Å². The lowest BCUT2D eigenvalue weighted by Crippen LogP contribution is -2.46. The number of hydrogen-bond donors (Lipinski definition) is 3. The highest BCUT2D eigenvalue weighted by molar-refractivity contribution is 7.16. The van der Waals surface area contributed by atoms with E-state index >= 15 is 0 Å². The number of amides is 1. The highest BCUT2D eigenvalue weighted by atomic mass is 32.1. The van der Waals surface area contributed by atoms with Crippen molar-refractivity contribution in [3.63, 3.8) is 0 Å². The zero-order chi connectivity index (χ0) is 21.3. The molecule has 30 heavy (non-hydrogen) atoms. The van der Waals surface area contributed by atoms with Crippen molar-refractivity contribution in [1.82, 2.24) is 15.0 Å². The van der Waals surface area contributed by atoms with E-state index in [0.717, 1.165) is 10.2 Å². The van der Waals surface area contributed by atoms with Crippen molar-refractivity contribution in [2.45, 2.75) is 31.2 Å². The molecule has 1 atom stereocenters. The molecule has 2 heterocycles. The molecule has 1 aromatic carbocycles. The van der Waals surface area contributed by atoms with E-state index in [4.69, 9.17) is 5.73 Å². The summed E-state index contributed by atoms with van der Waals surface area (Å²) in [5.41, 5.74) is 8.50. The van der Waals surface area contributed by atoms with Gasteiger partial charge >= 0.3 is 0 Å². The molecule has 2 aromatic heterocycles. The van der Waals surface area contributed by atoms with E-state index in [0.29, 0.717) is 18.5 Å². The van der Waals surface area contributed by atoms with Gasteiger partial charge in [0, 0.05) is 25.4 Å². The lowest BCUT2D eigenvalue weighted by molar-refractivity contribution is 0.0535. The van der Waals surface area contributed by atoms with E-state index in [2.05, 4.69) is 30.6 Å². The third-order valence-corrected chi connectivity index (χ3v) is 5.69. The molecule has 4 N–H and O–H groups in total. The van der Waals surface area contributed by atoms with Crippen LogP contribution in [-0.4, -0.2) is 45.6 Å². The van der Waals surface area contributed by atoms with Crippen LogP contribution in [-0.2, 0) is 0 Å². The van der Waals surface area contributed by atoms with Crippen molar-refractivity contribution in [1.29, 1.82) is 0 Å². The minimum Gasteiger partial charge on any atom is -0.365 e. The number of nitrogens with two attached hydrogens (primary N) is 1. The Kier molecular flexibility index (Phi) is 5.29. The van der Waals surface area contributed by atoms with Gasteiger partial charge in [0.1, 0.15) is 17.1 Å². The van der Waals surface area contributed by atoms with Gasteiger partial charge in [0.2, 0.25) is 5.95 Å². The maximum Gasteiger partial charge on any atom is 0.287 e. The summed E-state index contributed by atoms with van der Waals surface area (Å²) < 4.78 is 29.4. The molecular weight excluding hydrogens is 412 g/mol. The smallest absolute Gasteiger partial charge is 0.287 e. The number of aromatic nitrogens is 3. The molecule has 1 aliphatic carbocycles. The fourth-order valence-electron chi connectivity index (χ4n) is 3.46. The largest absolute Gasteiger partial charge is 0.365 e. The van der Waals surface area contributed by atoms with E-state index < -0.39 is 17.9 Å². The summed E-state index contributed by atoms with van der Waals surface area (Å²) in [6.45, 7) is 0. The van der Waals surface area contributed by atoms with Crippen LogP contribution in [0.2, 0.25) is 0 Å². The highest BCUT2D eigenvalue weighted by Gasteiger charge is 2.43. The van der Waals surface area contributed by atoms with Gasteiger partial charge in [0.25, 0.3) is 11.8 Å². The Bertz CT molecular complexity index is 1130. The van der Waals surface area contributed by atoms with Gasteiger partial charge < -0.3 is 16.4 Å². The normalized spacial score (nSPS) is 19.7. The monoisotopic (exact) mass is 431 g/mol. The summed E-state index contributed by atoms with van der Waals surface area (Å²) in [4.78, 5) is 28.3. The van der Waals surface area contributed by atoms with Crippen LogP contribution in [0.15, 0.2) is 34.9 Å². The number of nitrogens with one attached hydrogen (secondary N) is 2. The zero-order valence-corrected chi connectivity index (χ0v) is 16.8. The van der Waals surface area contributed by atoms with Gasteiger partial charge in [-0.25, -0.2) is 9.97 Å². The number of halogens is 2. The number of thiazole rings is 1. The molecule has 0 saturated heterocycles. The van der Waals surface area contributed by atoms with Crippen LogP contribution in [0.1, 0.15) is 29.6 Å². The summed E-state index contributed by atoms with van der Waals surface area (Å²) in [5, 5.41) is 5.97. The number of anilines is 3. The molecule has 0 unspecified atom stereocenters. The number of primary amides is 1. The highest BCUT2D eigenvalue weighted by Crippen LogP contribution is 2.32. The Labute approximate surface area is 174 Å². The SMILES string of the molecule is C/N=C1/[C@H](Nc2ncc(C(N)=O)c(Nc3ccc4scnc4c3)n2)CCCC1(F)F. The molecule has 0 spiro atoms. The van der Waals surface area contributed by atoms with Gasteiger partial charge in [-0.3, -0.25) is 9.79 Å². The Balaban J connectivity index is 1.63. The van der Waals surface area contributed by atoms with E-state index in [1.54, 1.807) is 5.51 Å². The predicted molar refractivity (Wildman–Crippen MR) is 113 cm³/mol. The van der Waals surface area contributed by atoms with Crippen LogP contribution in [0, 0.1) is 0 Å². The fraction of sp³-hybridized carbons (Fsp3) is 0.316. The molecule has 4 rings (SSSR count). The molecule has 0 aliphatic heterocycles. The number of nitrogens with zero attached hydrogens (tertiary/aromatic N) is 4. The van der Waals surface area contributed by atoms with Crippen LogP contribution in [0.3, 0.4) is 0 Å². The molecule has 0 bridgehead atoms. The topological polar surface area (TPSA) is 118 Å². The number of aliphatic imine (C=N–C) groups is 1. The molecule has 1 aliphatic rings. The Morgan fingerprint density at radius 1 is 1.37 bits per heavy atom. The second kappa shape index (κ2) is 7.90. The molecular formula is C19H19F2N7OS. The molecule has 3 aromatic rings. The summed E-state index contributed by atoms with van der Waals surface area (Å²) in [6.07, 6.45) is 1.87. The van der Waals surface area contributed by atoms with Gasteiger partial charge in [-0.1, -0.05) is 0 Å². The lowest BCUT2D eigenvalue weighted by Gasteiger charge is -2.31. The van der Waals surface area contributed by atoms with Crippen molar-refractivity contribution in [3.05, 3.63) is 35.5 Å². The summed E-state index contributed by atoms with van der Waals surface area (Å²) >= 11 is 1.51. The first-order chi connectivity index (χ1) is 14.4. The first-order valence-electron chi connectivity index (χ1n) is 9.26. The third-order valence-electron chi connectivity index (χ3n) is 4.88. The van der Waals surface area contributed by atoms with Crippen LogP contribution < -0.4 is 16.4 Å². The van der Waals surface area contributed by atoms with Gasteiger partial charge in [-0.15, -0.1) is 11.3 Å². The molecule has 1 saturated carbocycles. The summed E-state index contributed by atoms with van der Waals surface area (Å²) in [5.74, 6) is -3.41. The van der Waals surface area contributed by atoms with Crippen molar-refractivity contribution < 1.29 is 13.6 Å². The quantitative estimate of drug-likeness (QED) is 0.568. The number of alkyl halides is 2.